The first-order valence-electron chi connectivity index (χ1n) is 8.04. The summed E-state index contributed by atoms with van der Waals surface area (Å²) in [6, 6.07) is 9.16. The van der Waals surface area contributed by atoms with Gasteiger partial charge in [-0.2, -0.15) is 4.98 Å². The van der Waals surface area contributed by atoms with Gasteiger partial charge >= 0.3 is 5.97 Å². The van der Waals surface area contributed by atoms with E-state index in [1.165, 1.54) is 0 Å². The molecule has 5 nitrogen and oxygen atoms in total. The third-order valence-electron chi connectivity index (χ3n) is 3.58. The summed E-state index contributed by atoms with van der Waals surface area (Å²) in [5.74, 6) is 0.296. The predicted octanol–water partition coefficient (Wildman–Crippen LogP) is 5.35. The highest BCUT2D eigenvalue weighted by molar-refractivity contribution is 7.18. The molecule has 0 spiro atoms. The van der Waals surface area contributed by atoms with Crippen LogP contribution in [0.15, 0.2) is 30.3 Å². The minimum atomic E-state index is -0.325. The number of hydrogen-bond acceptors (Lipinski definition) is 6. The van der Waals surface area contributed by atoms with E-state index < -0.39 is 0 Å². The second-order valence-electron chi connectivity index (χ2n) is 5.61. The number of benzene rings is 1. The predicted molar refractivity (Wildman–Crippen MR) is 102 cm³/mol. The molecule has 0 aliphatic heterocycles. The molecule has 0 aliphatic rings. The SMILES string of the molecule is CCCCOC(=O)c1cccc(Nc2nc(Cl)nc3sc(C)cc23)c1. The lowest BCUT2D eigenvalue weighted by molar-refractivity contribution is 0.0500. The zero-order valence-corrected chi connectivity index (χ0v) is 15.6. The molecule has 1 aromatic carbocycles. The van der Waals surface area contributed by atoms with Crippen LogP contribution in [0.5, 0.6) is 0 Å². The molecular weight excluding hydrogens is 358 g/mol. The van der Waals surface area contributed by atoms with Gasteiger partial charge in [0.15, 0.2) is 0 Å². The highest BCUT2D eigenvalue weighted by atomic mass is 35.5. The lowest BCUT2D eigenvalue weighted by atomic mass is 10.2. The molecule has 3 aromatic rings. The number of hydrogen-bond donors (Lipinski definition) is 1. The monoisotopic (exact) mass is 375 g/mol. The molecule has 0 amide bonds. The number of halogens is 1. The summed E-state index contributed by atoms with van der Waals surface area (Å²) >= 11 is 7.58. The van der Waals surface area contributed by atoms with Gasteiger partial charge in [0.2, 0.25) is 5.28 Å². The molecular formula is C18H18ClN3O2S. The first-order valence-corrected chi connectivity index (χ1v) is 9.24. The molecule has 0 unspecified atom stereocenters. The van der Waals surface area contributed by atoms with Crippen LogP contribution in [0, 0.1) is 6.92 Å². The van der Waals surface area contributed by atoms with Gasteiger partial charge in [0.1, 0.15) is 10.6 Å². The lowest BCUT2D eigenvalue weighted by Gasteiger charge is -2.09. The summed E-state index contributed by atoms with van der Waals surface area (Å²) < 4.78 is 5.25. The molecule has 2 heterocycles. The Bertz CT molecular complexity index is 910. The van der Waals surface area contributed by atoms with Gasteiger partial charge in [-0.05, 0) is 49.2 Å². The first kappa shape index (κ1) is 17.6. The minimum Gasteiger partial charge on any atom is -0.462 e. The van der Waals surface area contributed by atoms with E-state index in [1.807, 2.05) is 19.1 Å². The highest BCUT2D eigenvalue weighted by Crippen LogP contribution is 2.31. The van der Waals surface area contributed by atoms with Crippen molar-refractivity contribution in [3.05, 3.63) is 46.1 Å². The molecule has 3 rings (SSSR count). The number of aryl methyl sites for hydroxylation is 1. The van der Waals surface area contributed by atoms with E-state index in [2.05, 4.69) is 22.2 Å². The van der Waals surface area contributed by atoms with Crippen LogP contribution in [-0.4, -0.2) is 22.5 Å². The van der Waals surface area contributed by atoms with Gasteiger partial charge in [-0.3, -0.25) is 0 Å². The van der Waals surface area contributed by atoms with Crippen LogP contribution in [0.3, 0.4) is 0 Å². The average Bonchev–Trinajstić information content (AvgIpc) is 2.95. The molecule has 7 heteroatoms. The number of unbranched alkanes of at least 4 members (excludes halogenated alkanes) is 1. The van der Waals surface area contributed by atoms with E-state index in [0.29, 0.717) is 18.0 Å². The number of thiophene rings is 1. The smallest absolute Gasteiger partial charge is 0.338 e. The van der Waals surface area contributed by atoms with Crippen LogP contribution in [0.4, 0.5) is 11.5 Å². The van der Waals surface area contributed by atoms with Gasteiger partial charge in [-0.15, -0.1) is 11.3 Å². The molecule has 0 bridgehead atoms. The summed E-state index contributed by atoms with van der Waals surface area (Å²) in [7, 11) is 0. The molecule has 1 N–H and O–H groups in total. The van der Waals surface area contributed by atoms with Crippen LogP contribution >= 0.6 is 22.9 Å². The van der Waals surface area contributed by atoms with Gasteiger partial charge in [0, 0.05) is 10.6 Å². The maximum absolute atomic E-state index is 12.1. The Hall–Kier alpha value is -2.18. The second-order valence-corrected chi connectivity index (χ2v) is 7.19. The fourth-order valence-corrected chi connectivity index (χ4v) is 3.46. The number of anilines is 2. The van der Waals surface area contributed by atoms with Crippen LogP contribution < -0.4 is 5.32 Å². The van der Waals surface area contributed by atoms with Crippen molar-refractivity contribution in [2.45, 2.75) is 26.7 Å². The second kappa shape index (κ2) is 7.80. The van der Waals surface area contributed by atoms with Gasteiger partial charge in [0.25, 0.3) is 0 Å². The van der Waals surface area contributed by atoms with Crippen molar-refractivity contribution < 1.29 is 9.53 Å². The number of nitrogens with one attached hydrogen (secondary N) is 1. The van der Waals surface area contributed by atoms with Crippen LogP contribution in [0.2, 0.25) is 5.28 Å². The molecule has 130 valence electrons. The van der Waals surface area contributed by atoms with Crippen molar-refractivity contribution in [1.29, 1.82) is 0 Å². The first-order chi connectivity index (χ1) is 12.1. The van der Waals surface area contributed by atoms with Gasteiger partial charge in [0.05, 0.1) is 17.6 Å². The molecule has 0 fully saturated rings. The number of rotatable bonds is 6. The van der Waals surface area contributed by atoms with E-state index >= 15 is 0 Å². The van der Waals surface area contributed by atoms with E-state index in [-0.39, 0.29) is 11.3 Å². The number of esters is 1. The Morgan fingerprint density at radius 2 is 2.16 bits per heavy atom. The number of fused-ring (bicyclic) bond motifs is 1. The van der Waals surface area contributed by atoms with E-state index in [9.17, 15) is 4.79 Å². The molecule has 0 aliphatic carbocycles. The fourth-order valence-electron chi connectivity index (χ4n) is 2.36. The Kier molecular flexibility index (Phi) is 5.50. The Labute approximate surface area is 155 Å². The topological polar surface area (TPSA) is 64.1 Å². The summed E-state index contributed by atoms with van der Waals surface area (Å²) in [6.07, 6.45) is 1.85. The number of nitrogens with zero attached hydrogens (tertiary/aromatic N) is 2. The van der Waals surface area contributed by atoms with E-state index in [0.717, 1.165) is 33.6 Å². The quantitative estimate of drug-likeness (QED) is 0.357. The van der Waals surface area contributed by atoms with Gasteiger partial charge in [-0.25, -0.2) is 9.78 Å². The number of ether oxygens (including phenoxy) is 1. The van der Waals surface area contributed by atoms with Gasteiger partial charge < -0.3 is 10.1 Å². The molecule has 2 aromatic heterocycles. The Morgan fingerprint density at radius 1 is 1.32 bits per heavy atom. The van der Waals surface area contributed by atoms with E-state index in [4.69, 9.17) is 16.3 Å². The van der Waals surface area contributed by atoms with Crippen molar-refractivity contribution in [2.24, 2.45) is 0 Å². The average molecular weight is 376 g/mol. The summed E-state index contributed by atoms with van der Waals surface area (Å²) in [5, 5.41) is 4.32. The van der Waals surface area contributed by atoms with Crippen LogP contribution in [-0.2, 0) is 4.74 Å². The molecule has 0 radical (unpaired) electrons. The fraction of sp³-hybridized carbons (Fsp3) is 0.278. The van der Waals surface area contributed by atoms with Gasteiger partial charge in [-0.1, -0.05) is 19.4 Å². The molecule has 0 saturated carbocycles. The highest BCUT2D eigenvalue weighted by Gasteiger charge is 2.12. The largest absolute Gasteiger partial charge is 0.462 e. The zero-order valence-electron chi connectivity index (χ0n) is 14.0. The standard InChI is InChI=1S/C18H18ClN3O2S/c1-3-4-8-24-17(23)12-6-5-7-13(10-12)20-15-14-9-11(2)25-16(14)22-18(19)21-15/h5-7,9-10H,3-4,8H2,1-2H3,(H,20,21,22). The maximum Gasteiger partial charge on any atom is 0.338 e. The summed E-state index contributed by atoms with van der Waals surface area (Å²) in [4.78, 5) is 22.6. The third-order valence-corrected chi connectivity index (χ3v) is 4.69. The molecule has 25 heavy (non-hydrogen) atoms. The lowest BCUT2D eigenvalue weighted by Crippen LogP contribution is -2.06. The maximum atomic E-state index is 12.1. The van der Waals surface area contributed by atoms with Crippen LogP contribution in [0.1, 0.15) is 35.0 Å². The Morgan fingerprint density at radius 3 is 2.96 bits per heavy atom. The van der Waals surface area contributed by atoms with Crippen LogP contribution in [0.25, 0.3) is 10.2 Å². The number of carbonyl (C=O) groups excluding carboxylic acids is 1. The summed E-state index contributed by atoms with van der Waals surface area (Å²) in [6.45, 7) is 4.50. The van der Waals surface area contributed by atoms with Crippen molar-refractivity contribution in [1.82, 2.24) is 9.97 Å². The van der Waals surface area contributed by atoms with Crippen molar-refractivity contribution >= 4 is 50.6 Å². The number of aromatic nitrogens is 2. The number of carbonyl (C=O) groups is 1. The third kappa shape index (κ3) is 4.27. The summed E-state index contributed by atoms with van der Waals surface area (Å²) in [5.41, 5.74) is 1.24. The van der Waals surface area contributed by atoms with E-state index in [1.54, 1.807) is 29.5 Å². The normalized spacial score (nSPS) is 10.8. The molecule has 0 saturated heterocycles. The minimum absolute atomic E-state index is 0.187. The van der Waals surface area contributed by atoms with Crippen molar-refractivity contribution in [3.63, 3.8) is 0 Å². The molecule has 0 atom stereocenters. The zero-order chi connectivity index (χ0) is 17.8. The van der Waals surface area contributed by atoms with Crippen molar-refractivity contribution in [3.8, 4) is 0 Å². The van der Waals surface area contributed by atoms with Crippen molar-refractivity contribution in [2.75, 3.05) is 11.9 Å². The Balaban J connectivity index is 1.84.